The van der Waals surface area contributed by atoms with Crippen molar-refractivity contribution in [3.8, 4) is 0 Å². The van der Waals surface area contributed by atoms with Crippen molar-refractivity contribution in [2.24, 2.45) is 0 Å². The second-order valence-corrected chi connectivity index (χ2v) is 7.24. The number of ether oxygens (including phenoxy) is 1. The maximum atomic E-state index is 12.2. The fourth-order valence-electron chi connectivity index (χ4n) is 2.53. The Balaban J connectivity index is 1.91. The van der Waals surface area contributed by atoms with E-state index in [0.29, 0.717) is 12.2 Å². The lowest BCUT2D eigenvalue weighted by Crippen LogP contribution is -2.35. The zero-order valence-electron chi connectivity index (χ0n) is 16.1. The van der Waals surface area contributed by atoms with Crippen molar-refractivity contribution in [1.82, 2.24) is 20.2 Å². The first-order valence-electron chi connectivity index (χ1n) is 8.67. The molecule has 150 valence electrons. The largest absolute Gasteiger partial charge is 0.469 e. The fourth-order valence-corrected chi connectivity index (χ4v) is 3.26. The minimum Gasteiger partial charge on any atom is -0.469 e. The Labute approximate surface area is 167 Å². The quantitative estimate of drug-likeness (QED) is 0.365. The Bertz CT molecular complexity index is 855. The van der Waals surface area contributed by atoms with Crippen LogP contribution in [0.5, 0.6) is 0 Å². The van der Waals surface area contributed by atoms with E-state index in [1.807, 2.05) is 49.3 Å². The second kappa shape index (κ2) is 10.6. The molecule has 1 aromatic heterocycles. The fraction of sp³-hybridized carbons (Fsp3) is 0.368. The number of benzene rings is 1. The molecule has 2 aromatic rings. The summed E-state index contributed by atoms with van der Waals surface area (Å²) >= 11 is 1.10. The van der Waals surface area contributed by atoms with Gasteiger partial charge in [-0.3, -0.25) is 14.4 Å². The summed E-state index contributed by atoms with van der Waals surface area (Å²) in [5.41, 5.74) is 1.03. The normalized spacial score (nSPS) is 11.9. The Hall–Kier alpha value is -2.65. The number of carbonyl (C=O) groups excluding carboxylic acids is 2. The van der Waals surface area contributed by atoms with Gasteiger partial charge in [-0.1, -0.05) is 42.1 Å². The highest BCUT2D eigenvalue weighted by Crippen LogP contribution is 2.17. The van der Waals surface area contributed by atoms with Gasteiger partial charge in [0.05, 0.1) is 31.0 Å². The van der Waals surface area contributed by atoms with E-state index in [1.54, 1.807) is 0 Å². The molecule has 0 fully saturated rings. The van der Waals surface area contributed by atoms with Crippen molar-refractivity contribution in [3.63, 3.8) is 0 Å². The molecule has 8 nitrogen and oxygen atoms in total. The number of methoxy groups -OCH3 is 1. The number of esters is 1. The standard InChI is InChI=1S/C19H24N4O4S/c1-23(2)15(13-7-5-4-6-8-13)11-20-17(25)12-28-19-21-14(9-16(24)22-19)10-18(26)27-3/h4-9,15H,10-12H2,1-3H3,(H,20,25)(H,21,22,24)/t15-/m1/s1. The molecule has 0 radical (unpaired) electrons. The lowest BCUT2D eigenvalue weighted by atomic mass is 10.1. The van der Waals surface area contributed by atoms with E-state index in [0.717, 1.165) is 17.3 Å². The van der Waals surface area contributed by atoms with Crippen LogP contribution in [0, 0.1) is 0 Å². The average Bonchev–Trinajstić information content (AvgIpc) is 2.66. The highest BCUT2D eigenvalue weighted by atomic mass is 32.2. The van der Waals surface area contributed by atoms with E-state index in [4.69, 9.17) is 0 Å². The molecular formula is C19H24N4O4S. The van der Waals surface area contributed by atoms with Crippen LogP contribution in [0.1, 0.15) is 17.3 Å². The number of nitrogens with one attached hydrogen (secondary N) is 2. The Morgan fingerprint density at radius 1 is 1.29 bits per heavy atom. The van der Waals surface area contributed by atoms with Crippen LogP contribution in [-0.2, 0) is 20.7 Å². The number of aromatic amines is 1. The van der Waals surface area contributed by atoms with Gasteiger partial charge < -0.3 is 19.9 Å². The van der Waals surface area contributed by atoms with E-state index >= 15 is 0 Å². The van der Waals surface area contributed by atoms with Crippen LogP contribution in [0.4, 0.5) is 0 Å². The number of nitrogens with zero attached hydrogens (tertiary/aromatic N) is 2. The Morgan fingerprint density at radius 3 is 2.64 bits per heavy atom. The van der Waals surface area contributed by atoms with Crippen LogP contribution in [0.25, 0.3) is 0 Å². The third-order valence-electron chi connectivity index (χ3n) is 3.97. The minimum atomic E-state index is -0.484. The van der Waals surface area contributed by atoms with Crippen molar-refractivity contribution < 1.29 is 14.3 Å². The first-order chi connectivity index (χ1) is 13.4. The van der Waals surface area contributed by atoms with E-state index in [-0.39, 0.29) is 34.8 Å². The minimum absolute atomic E-state index is 0.0523. The van der Waals surface area contributed by atoms with E-state index in [9.17, 15) is 14.4 Å². The number of thioether (sulfide) groups is 1. The SMILES string of the molecule is COC(=O)Cc1cc(=O)[nH]c(SCC(=O)NC[C@H](c2ccccc2)N(C)C)n1. The van der Waals surface area contributed by atoms with E-state index in [1.165, 1.54) is 13.2 Å². The molecule has 28 heavy (non-hydrogen) atoms. The number of aromatic nitrogens is 2. The monoisotopic (exact) mass is 404 g/mol. The zero-order valence-corrected chi connectivity index (χ0v) is 16.9. The Kier molecular flexibility index (Phi) is 8.21. The average molecular weight is 404 g/mol. The number of likely N-dealkylation sites (N-methyl/N-ethyl adjacent to an activating group) is 1. The van der Waals surface area contributed by atoms with Crippen molar-refractivity contribution >= 4 is 23.6 Å². The highest BCUT2D eigenvalue weighted by Gasteiger charge is 2.15. The van der Waals surface area contributed by atoms with Gasteiger partial charge in [0.1, 0.15) is 0 Å². The van der Waals surface area contributed by atoms with Crippen LogP contribution in [0.3, 0.4) is 0 Å². The third-order valence-corrected chi connectivity index (χ3v) is 4.84. The van der Waals surface area contributed by atoms with Gasteiger partial charge >= 0.3 is 5.97 Å². The number of rotatable bonds is 9. The molecule has 9 heteroatoms. The summed E-state index contributed by atoms with van der Waals surface area (Å²) < 4.78 is 4.58. The van der Waals surface area contributed by atoms with Crippen molar-refractivity contribution in [3.05, 3.63) is 58.0 Å². The maximum Gasteiger partial charge on any atom is 0.311 e. The first-order valence-corrected chi connectivity index (χ1v) is 9.65. The summed E-state index contributed by atoms with van der Waals surface area (Å²) in [4.78, 5) is 44.1. The first kappa shape index (κ1) is 21.6. The van der Waals surface area contributed by atoms with Crippen LogP contribution in [0.15, 0.2) is 46.3 Å². The van der Waals surface area contributed by atoms with Crippen LogP contribution in [0.2, 0.25) is 0 Å². The molecule has 2 rings (SSSR count). The summed E-state index contributed by atoms with van der Waals surface area (Å²) in [5.74, 6) is -0.559. The van der Waals surface area contributed by atoms with Crippen molar-refractivity contribution in [2.75, 3.05) is 33.5 Å². The highest BCUT2D eigenvalue weighted by molar-refractivity contribution is 7.99. The van der Waals surface area contributed by atoms with Gasteiger partial charge in [-0.2, -0.15) is 0 Å². The van der Waals surface area contributed by atoms with Gasteiger partial charge in [-0.25, -0.2) is 4.98 Å². The van der Waals surface area contributed by atoms with Gasteiger partial charge in [-0.05, 0) is 19.7 Å². The van der Waals surface area contributed by atoms with Gasteiger partial charge in [0, 0.05) is 12.6 Å². The molecule has 0 unspecified atom stereocenters. The molecule has 0 aliphatic carbocycles. The topological polar surface area (TPSA) is 104 Å². The van der Waals surface area contributed by atoms with Gasteiger partial charge in [0.2, 0.25) is 5.91 Å². The molecule has 1 atom stereocenters. The summed E-state index contributed by atoms with van der Waals surface area (Å²) in [7, 11) is 5.19. The molecule has 0 spiro atoms. The molecule has 1 heterocycles. The molecule has 2 N–H and O–H groups in total. The second-order valence-electron chi connectivity index (χ2n) is 6.28. The smallest absolute Gasteiger partial charge is 0.311 e. The van der Waals surface area contributed by atoms with Gasteiger partial charge in [-0.15, -0.1) is 0 Å². The van der Waals surface area contributed by atoms with E-state index < -0.39 is 5.97 Å². The molecule has 1 aromatic carbocycles. The van der Waals surface area contributed by atoms with Gasteiger partial charge in [0.25, 0.3) is 5.56 Å². The summed E-state index contributed by atoms with van der Waals surface area (Å²) in [6, 6.07) is 11.2. The number of H-pyrrole nitrogens is 1. The maximum absolute atomic E-state index is 12.2. The summed E-state index contributed by atoms with van der Waals surface area (Å²) in [6.45, 7) is 0.461. The molecule has 0 bridgehead atoms. The molecule has 1 amide bonds. The lowest BCUT2D eigenvalue weighted by molar-refractivity contribution is -0.139. The lowest BCUT2D eigenvalue weighted by Gasteiger charge is -2.25. The Morgan fingerprint density at radius 2 is 2.00 bits per heavy atom. The van der Waals surface area contributed by atoms with Gasteiger partial charge in [0.15, 0.2) is 5.16 Å². The zero-order chi connectivity index (χ0) is 20.5. The number of hydrogen-bond acceptors (Lipinski definition) is 7. The molecule has 0 aliphatic rings. The number of carbonyl (C=O) groups is 2. The number of amides is 1. The molecule has 0 aliphatic heterocycles. The predicted molar refractivity (Wildman–Crippen MR) is 107 cm³/mol. The third kappa shape index (κ3) is 6.82. The molecule has 0 saturated heterocycles. The van der Waals surface area contributed by atoms with Crippen molar-refractivity contribution in [2.45, 2.75) is 17.6 Å². The molecule has 0 saturated carbocycles. The summed E-state index contributed by atoms with van der Waals surface area (Å²) in [5, 5.41) is 3.19. The number of hydrogen-bond donors (Lipinski definition) is 2. The predicted octanol–water partition coefficient (Wildman–Crippen LogP) is 0.997. The van der Waals surface area contributed by atoms with Crippen molar-refractivity contribution in [1.29, 1.82) is 0 Å². The van der Waals surface area contributed by atoms with E-state index in [2.05, 4.69) is 20.0 Å². The molecular weight excluding hydrogens is 380 g/mol. The van der Waals surface area contributed by atoms with Crippen LogP contribution >= 0.6 is 11.8 Å². The van der Waals surface area contributed by atoms with Crippen LogP contribution in [-0.4, -0.2) is 60.2 Å². The summed E-state index contributed by atoms with van der Waals surface area (Å²) in [6.07, 6.45) is -0.0955. The van der Waals surface area contributed by atoms with Crippen LogP contribution < -0.4 is 10.9 Å².